The van der Waals surface area contributed by atoms with Crippen LogP contribution in [0, 0.1) is 10.1 Å². The molecule has 1 aliphatic rings. The van der Waals surface area contributed by atoms with Crippen molar-refractivity contribution in [2.75, 3.05) is 41.2 Å². The van der Waals surface area contributed by atoms with Crippen LogP contribution >= 0.6 is 0 Å². The highest BCUT2D eigenvalue weighted by Crippen LogP contribution is 2.30. The smallest absolute Gasteiger partial charge is 0.293 e. The maximum absolute atomic E-state index is 12.7. The second-order valence-electron chi connectivity index (χ2n) is 7.51. The largest absolute Gasteiger partial charge is 0.378 e. The van der Waals surface area contributed by atoms with Crippen molar-refractivity contribution < 1.29 is 22.9 Å². The van der Waals surface area contributed by atoms with Gasteiger partial charge in [0.25, 0.3) is 21.6 Å². The maximum Gasteiger partial charge on any atom is 0.293 e. The normalized spacial score (nSPS) is 13.8. The summed E-state index contributed by atoms with van der Waals surface area (Å²) in [5, 5.41) is 14.3. The number of nitro groups is 1. The molecule has 0 aromatic heterocycles. The van der Waals surface area contributed by atoms with Crippen LogP contribution in [0.5, 0.6) is 0 Å². The number of nitrogens with zero attached hydrogens (tertiary/aromatic N) is 2. The lowest BCUT2D eigenvalue weighted by atomic mass is 10.1. The summed E-state index contributed by atoms with van der Waals surface area (Å²) in [6.45, 7) is 2.01. The lowest BCUT2D eigenvalue weighted by Crippen LogP contribution is -2.36. The van der Waals surface area contributed by atoms with Gasteiger partial charge in [0.1, 0.15) is 5.69 Å². The van der Waals surface area contributed by atoms with E-state index in [4.69, 9.17) is 4.74 Å². The summed E-state index contributed by atoms with van der Waals surface area (Å²) in [4.78, 5) is 25.7. The van der Waals surface area contributed by atoms with E-state index >= 15 is 0 Å². The number of hydrogen-bond acceptors (Lipinski definition) is 7. The van der Waals surface area contributed by atoms with Crippen molar-refractivity contribution in [3.8, 4) is 0 Å². The third kappa shape index (κ3) is 5.33. The molecule has 0 atom stereocenters. The molecule has 0 saturated carbocycles. The van der Waals surface area contributed by atoms with Gasteiger partial charge in [0.05, 0.1) is 23.0 Å². The summed E-state index contributed by atoms with van der Waals surface area (Å²) in [6, 6.07) is 18.4. The van der Waals surface area contributed by atoms with Crippen LogP contribution in [0.1, 0.15) is 10.4 Å². The second-order valence-corrected chi connectivity index (χ2v) is 9.19. The quantitative estimate of drug-likeness (QED) is 0.389. The van der Waals surface area contributed by atoms with Gasteiger partial charge in [0.15, 0.2) is 0 Å². The number of nitrogens with one attached hydrogen (secondary N) is 2. The molecule has 0 radical (unpaired) electrons. The van der Waals surface area contributed by atoms with Crippen LogP contribution in [-0.2, 0) is 14.8 Å². The summed E-state index contributed by atoms with van der Waals surface area (Å²) < 4.78 is 32.9. The summed E-state index contributed by atoms with van der Waals surface area (Å²) in [6.07, 6.45) is 0. The Labute approximate surface area is 196 Å². The number of benzene rings is 3. The summed E-state index contributed by atoms with van der Waals surface area (Å²) >= 11 is 0. The molecule has 0 spiro atoms. The molecule has 0 bridgehead atoms. The molecule has 4 rings (SSSR count). The zero-order valence-corrected chi connectivity index (χ0v) is 18.8. The van der Waals surface area contributed by atoms with E-state index < -0.39 is 20.9 Å². The molecular weight excluding hydrogens is 460 g/mol. The van der Waals surface area contributed by atoms with Crippen LogP contribution in [0.15, 0.2) is 77.7 Å². The summed E-state index contributed by atoms with van der Waals surface area (Å²) in [7, 11) is -3.79. The third-order valence-electron chi connectivity index (χ3n) is 5.23. The number of para-hydroxylation sites is 1. The Hall–Kier alpha value is -3.96. The molecule has 176 valence electrons. The molecule has 1 aliphatic heterocycles. The Kier molecular flexibility index (Phi) is 6.75. The minimum absolute atomic E-state index is 0.0276. The van der Waals surface area contributed by atoms with Crippen LogP contribution in [0.4, 0.5) is 22.7 Å². The van der Waals surface area contributed by atoms with E-state index in [0.717, 1.165) is 0 Å². The van der Waals surface area contributed by atoms with Crippen LogP contribution in [-0.4, -0.2) is 45.6 Å². The Balaban J connectivity index is 1.48. The first kappa shape index (κ1) is 23.2. The Bertz CT molecular complexity index is 1290. The topological polar surface area (TPSA) is 131 Å². The van der Waals surface area contributed by atoms with Crippen molar-refractivity contribution in [2.24, 2.45) is 0 Å². The van der Waals surface area contributed by atoms with Crippen molar-refractivity contribution in [1.82, 2.24) is 0 Å². The molecule has 1 saturated heterocycles. The first-order valence-corrected chi connectivity index (χ1v) is 11.9. The van der Waals surface area contributed by atoms with Gasteiger partial charge in [-0.15, -0.1) is 0 Å². The van der Waals surface area contributed by atoms with Crippen LogP contribution in [0.3, 0.4) is 0 Å². The average Bonchev–Trinajstić information content (AvgIpc) is 2.85. The van der Waals surface area contributed by atoms with Gasteiger partial charge in [-0.25, -0.2) is 8.42 Å². The highest BCUT2D eigenvalue weighted by molar-refractivity contribution is 7.92. The van der Waals surface area contributed by atoms with E-state index in [1.165, 1.54) is 36.4 Å². The minimum atomic E-state index is -3.79. The highest BCUT2D eigenvalue weighted by Gasteiger charge is 2.23. The Morgan fingerprint density at radius 3 is 2.26 bits per heavy atom. The molecule has 10 nitrogen and oxygen atoms in total. The number of ether oxygens (including phenoxy) is 1. The number of morpholine rings is 1. The van der Waals surface area contributed by atoms with Gasteiger partial charge >= 0.3 is 0 Å². The third-order valence-corrected chi connectivity index (χ3v) is 6.63. The van der Waals surface area contributed by atoms with Crippen molar-refractivity contribution in [3.05, 3.63) is 88.5 Å². The number of amides is 1. The van der Waals surface area contributed by atoms with Crippen molar-refractivity contribution in [1.29, 1.82) is 0 Å². The molecule has 0 aliphatic carbocycles. The van der Waals surface area contributed by atoms with Gasteiger partial charge in [-0.2, -0.15) is 0 Å². The SMILES string of the molecule is O=C(Nc1ccc(S(=O)(=O)Nc2ccccc2)cc1)c1ccc(N2CCOCC2)c([N+](=O)[O-])c1. The van der Waals surface area contributed by atoms with Gasteiger partial charge in [0.2, 0.25) is 0 Å². The van der Waals surface area contributed by atoms with Crippen LogP contribution in [0.25, 0.3) is 0 Å². The van der Waals surface area contributed by atoms with E-state index in [0.29, 0.717) is 43.4 Å². The minimum Gasteiger partial charge on any atom is -0.378 e. The highest BCUT2D eigenvalue weighted by atomic mass is 32.2. The van der Waals surface area contributed by atoms with E-state index in [2.05, 4.69) is 10.0 Å². The number of anilines is 3. The van der Waals surface area contributed by atoms with Gasteiger partial charge in [-0.05, 0) is 48.5 Å². The lowest BCUT2D eigenvalue weighted by molar-refractivity contribution is -0.384. The molecule has 11 heteroatoms. The average molecular weight is 483 g/mol. The molecule has 0 unspecified atom stereocenters. The van der Waals surface area contributed by atoms with Gasteiger partial charge in [-0.1, -0.05) is 18.2 Å². The molecule has 1 amide bonds. The fourth-order valence-corrected chi connectivity index (χ4v) is 4.58. The maximum atomic E-state index is 12.7. The van der Waals surface area contributed by atoms with Crippen LogP contribution in [0.2, 0.25) is 0 Å². The number of carbonyl (C=O) groups is 1. The molecular formula is C23H22N4O6S. The standard InChI is InChI=1S/C23H22N4O6S/c28-23(17-6-11-21(22(16-17)27(29)30)26-12-14-33-15-13-26)24-18-7-9-20(10-8-18)34(31,32)25-19-4-2-1-3-5-19/h1-11,16,25H,12-15H2,(H,24,28). The predicted molar refractivity (Wildman–Crippen MR) is 128 cm³/mol. The number of rotatable bonds is 7. The van der Waals surface area contributed by atoms with E-state index in [1.807, 2.05) is 4.90 Å². The first-order chi connectivity index (χ1) is 16.3. The molecule has 1 heterocycles. The second kappa shape index (κ2) is 9.89. The van der Waals surface area contributed by atoms with Crippen molar-refractivity contribution in [3.63, 3.8) is 0 Å². The number of hydrogen-bond donors (Lipinski definition) is 2. The fourth-order valence-electron chi connectivity index (χ4n) is 3.52. The van der Waals surface area contributed by atoms with E-state index in [9.17, 15) is 23.3 Å². The summed E-state index contributed by atoms with van der Waals surface area (Å²) in [5.74, 6) is -0.547. The van der Waals surface area contributed by atoms with Gasteiger partial charge in [-0.3, -0.25) is 19.6 Å². The molecule has 2 N–H and O–H groups in total. The molecule has 3 aromatic carbocycles. The summed E-state index contributed by atoms with van der Waals surface area (Å²) in [5.41, 5.74) is 1.17. The zero-order valence-electron chi connectivity index (χ0n) is 18.0. The van der Waals surface area contributed by atoms with E-state index in [-0.39, 0.29) is 16.1 Å². The fraction of sp³-hybridized carbons (Fsp3) is 0.174. The van der Waals surface area contributed by atoms with Crippen molar-refractivity contribution >= 4 is 38.7 Å². The Morgan fingerprint density at radius 1 is 0.941 bits per heavy atom. The van der Waals surface area contributed by atoms with Crippen LogP contribution < -0.4 is 14.9 Å². The van der Waals surface area contributed by atoms with Gasteiger partial charge in [0, 0.05) is 36.1 Å². The molecule has 1 fully saturated rings. The monoisotopic (exact) mass is 482 g/mol. The lowest BCUT2D eigenvalue weighted by Gasteiger charge is -2.28. The van der Waals surface area contributed by atoms with Gasteiger partial charge < -0.3 is 15.0 Å². The number of nitro benzene ring substituents is 1. The molecule has 3 aromatic rings. The number of sulfonamides is 1. The number of carbonyl (C=O) groups excluding carboxylic acids is 1. The first-order valence-electron chi connectivity index (χ1n) is 10.4. The van der Waals surface area contributed by atoms with Crippen molar-refractivity contribution in [2.45, 2.75) is 4.90 Å². The predicted octanol–water partition coefficient (Wildman–Crippen LogP) is 3.48. The zero-order chi connectivity index (χ0) is 24.1. The van der Waals surface area contributed by atoms with E-state index in [1.54, 1.807) is 36.4 Å². The molecule has 34 heavy (non-hydrogen) atoms. The Morgan fingerprint density at radius 2 is 1.62 bits per heavy atom.